The molecule has 5 heteroatoms. The number of halogens is 1. The number of rotatable bonds is 5. The van der Waals surface area contributed by atoms with E-state index >= 15 is 0 Å². The first kappa shape index (κ1) is 14.2. The van der Waals surface area contributed by atoms with Crippen molar-refractivity contribution in [2.24, 2.45) is 0 Å². The number of fused-ring (bicyclic) bond motifs is 1. The zero-order valence-corrected chi connectivity index (χ0v) is 13.4. The summed E-state index contributed by atoms with van der Waals surface area (Å²) >= 11 is 3.54. The molecule has 1 aromatic rings. The fourth-order valence-corrected chi connectivity index (χ4v) is 3.44. The quantitative estimate of drug-likeness (QED) is 0.893. The third kappa shape index (κ3) is 3.27. The Balaban J connectivity index is 1.54. The van der Waals surface area contributed by atoms with Gasteiger partial charge in [0.15, 0.2) is 11.5 Å². The molecule has 1 aromatic carbocycles. The van der Waals surface area contributed by atoms with Crippen LogP contribution in [0.15, 0.2) is 16.6 Å². The number of nitrogens with zero attached hydrogens (tertiary/aromatic N) is 1. The number of ether oxygens (including phenoxy) is 2. The summed E-state index contributed by atoms with van der Waals surface area (Å²) in [6.45, 7) is 7.05. The minimum atomic E-state index is 0.316. The van der Waals surface area contributed by atoms with Crippen molar-refractivity contribution in [1.29, 1.82) is 0 Å². The molecule has 0 spiro atoms. The molecule has 20 heavy (non-hydrogen) atoms. The Morgan fingerprint density at radius 2 is 2.10 bits per heavy atom. The van der Waals surface area contributed by atoms with Gasteiger partial charge in [0, 0.05) is 19.1 Å². The molecule has 0 amide bonds. The molecule has 1 atom stereocenters. The molecule has 0 radical (unpaired) electrons. The van der Waals surface area contributed by atoms with Gasteiger partial charge < -0.3 is 19.7 Å². The number of benzene rings is 1. The van der Waals surface area contributed by atoms with Crippen LogP contribution in [0, 0.1) is 0 Å². The predicted molar refractivity (Wildman–Crippen MR) is 82.2 cm³/mol. The summed E-state index contributed by atoms with van der Waals surface area (Å²) < 4.78 is 11.8. The lowest BCUT2D eigenvalue weighted by Crippen LogP contribution is -2.37. The average Bonchev–Trinajstić information content (AvgIpc) is 3.07. The SMILES string of the molecule is CC(CN1CCCC1)NCc1cc(Br)c2c(c1)OCO2. The van der Waals surface area contributed by atoms with Crippen LogP contribution >= 0.6 is 15.9 Å². The molecule has 1 saturated heterocycles. The first-order valence-corrected chi connectivity index (χ1v) is 8.05. The molecule has 3 rings (SSSR count). The van der Waals surface area contributed by atoms with Gasteiger partial charge in [-0.3, -0.25) is 0 Å². The van der Waals surface area contributed by atoms with E-state index in [4.69, 9.17) is 9.47 Å². The zero-order valence-electron chi connectivity index (χ0n) is 11.8. The Kier molecular flexibility index (Phi) is 4.48. The highest BCUT2D eigenvalue weighted by atomic mass is 79.9. The largest absolute Gasteiger partial charge is 0.454 e. The van der Waals surface area contributed by atoms with Crippen LogP contribution in [0.25, 0.3) is 0 Å². The first-order chi connectivity index (χ1) is 9.72. The number of hydrogen-bond acceptors (Lipinski definition) is 4. The number of nitrogens with one attached hydrogen (secondary N) is 1. The lowest BCUT2D eigenvalue weighted by atomic mass is 10.2. The molecule has 0 saturated carbocycles. The van der Waals surface area contributed by atoms with Crippen molar-refractivity contribution in [2.75, 3.05) is 26.4 Å². The van der Waals surface area contributed by atoms with Crippen molar-refractivity contribution in [3.8, 4) is 11.5 Å². The summed E-state index contributed by atoms with van der Waals surface area (Å²) in [4.78, 5) is 2.53. The Hall–Kier alpha value is -0.780. The van der Waals surface area contributed by atoms with Crippen LogP contribution in [0.1, 0.15) is 25.3 Å². The Morgan fingerprint density at radius 3 is 2.90 bits per heavy atom. The second-order valence-corrected chi connectivity index (χ2v) is 6.46. The van der Waals surface area contributed by atoms with Crippen molar-refractivity contribution in [1.82, 2.24) is 10.2 Å². The van der Waals surface area contributed by atoms with E-state index in [0.29, 0.717) is 12.8 Å². The minimum absolute atomic E-state index is 0.316. The molecule has 110 valence electrons. The molecular formula is C15H21BrN2O2. The van der Waals surface area contributed by atoms with Gasteiger partial charge in [0.05, 0.1) is 4.47 Å². The lowest BCUT2D eigenvalue weighted by molar-refractivity contribution is 0.173. The molecule has 0 bridgehead atoms. The van der Waals surface area contributed by atoms with Crippen molar-refractivity contribution >= 4 is 15.9 Å². The second-order valence-electron chi connectivity index (χ2n) is 5.60. The molecule has 0 aliphatic carbocycles. The molecule has 4 nitrogen and oxygen atoms in total. The third-order valence-corrected chi connectivity index (χ3v) is 4.46. The van der Waals surface area contributed by atoms with E-state index < -0.39 is 0 Å². The third-order valence-electron chi connectivity index (χ3n) is 3.87. The maximum atomic E-state index is 5.45. The van der Waals surface area contributed by atoms with E-state index in [0.717, 1.165) is 29.1 Å². The van der Waals surface area contributed by atoms with E-state index in [-0.39, 0.29) is 0 Å². The standard InChI is InChI=1S/C15H21BrN2O2/c1-11(9-18-4-2-3-5-18)17-8-12-6-13(16)15-14(7-12)19-10-20-15/h6-7,11,17H,2-5,8-10H2,1H3. The van der Waals surface area contributed by atoms with Gasteiger partial charge in [0.1, 0.15) is 0 Å². The smallest absolute Gasteiger partial charge is 0.231 e. The van der Waals surface area contributed by atoms with Crippen LogP contribution < -0.4 is 14.8 Å². The van der Waals surface area contributed by atoms with Crippen LogP contribution in [-0.4, -0.2) is 37.4 Å². The zero-order chi connectivity index (χ0) is 13.9. The molecule has 1 unspecified atom stereocenters. The number of hydrogen-bond donors (Lipinski definition) is 1. The fourth-order valence-electron chi connectivity index (χ4n) is 2.83. The van der Waals surface area contributed by atoms with Gasteiger partial charge in [0.2, 0.25) is 6.79 Å². The van der Waals surface area contributed by atoms with Crippen molar-refractivity contribution in [3.63, 3.8) is 0 Å². The summed E-state index contributed by atoms with van der Waals surface area (Å²) in [5, 5.41) is 3.59. The monoisotopic (exact) mass is 340 g/mol. The highest BCUT2D eigenvalue weighted by Crippen LogP contribution is 2.39. The summed E-state index contributed by atoms with van der Waals surface area (Å²) in [5.41, 5.74) is 1.22. The second kappa shape index (κ2) is 6.33. The molecule has 1 fully saturated rings. The molecule has 2 aliphatic rings. The van der Waals surface area contributed by atoms with Crippen molar-refractivity contribution in [3.05, 3.63) is 22.2 Å². The van der Waals surface area contributed by atoms with Crippen LogP contribution in [0.5, 0.6) is 11.5 Å². The lowest BCUT2D eigenvalue weighted by Gasteiger charge is -2.21. The maximum Gasteiger partial charge on any atom is 0.231 e. The summed E-state index contributed by atoms with van der Waals surface area (Å²) in [6, 6.07) is 4.66. The predicted octanol–water partition coefficient (Wildman–Crippen LogP) is 2.75. The summed E-state index contributed by atoms with van der Waals surface area (Å²) in [5.74, 6) is 1.65. The van der Waals surface area contributed by atoms with Gasteiger partial charge in [-0.15, -0.1) is 0 Å². The maximum absolute atomic E-state index is 5.45. The Morgan fingerprint density at radius 1 is 1.30 bits per heavy atom. The van der Waals surface area contributed by atoms with Gasteiger partial charge in [-0.25, -0.2) is 0 Å². The van der Waals surface area contributed by atoms with E-state index in [1.54, 1.807) is 0 Å². The topological polar surface area (TPSA) is 33.7 Å². The van der Waals surface area contributed by atoms with Crippen LogP contribution in [0.4, 0.5) is 0 Å². The highest BCUT2D eigenvalue weighted by molar-refractivity contribution is 9.10. The van der Waals surface area contributed by atoms with E-state index in [9.17, 15) is 0 Å². The number of likely N-dealkylation sites (tertiary alicyclic amines) is 1. The summed E-state index contributed by atoms with van der Waals surface area (Å²) in [7, 11) is 0. The van der Waals surface area contributed by atoms with Gasteiger partial charge in [-0.05, 0) is 66.5 Å². The first-order valence-electron chi connectivity index (χ1n) is 7.26. The Labute approximate surface area is 128 Å². The normalized spacial score (nSPS) is 19.5. The summed E-state index contributed by atoms with van der Waals surface area (Å²) in [6.07, 6.45) is 2.70. The molecule has 0 aromatic heterocycles. The fraction of sp³-hybridized carbons (Fsp3) is 0.600. The van der Waals surface area contributed by atoms with E-state index in [2.05, 4.69) is 45.2 Å². The van der Waals surface area contributed by atoms with Gasteiger partial charge in [-0.2, -0.15) is 0 Å². The average molecular weight is 341 g/mol. The molecule has 1 N–H and O–H groups in total. The van der Waals surface area contributed by atoms with Gasteiger partial charge in [0.25, 0.3) is 0 Å². The highest BCUT2D eigenvalue weighted by Gasteiger charge is 2.18. The Bertz CT molecular complexity index is 475. The van der Waals surface area contributed by atoms with Crippen molar-refractivity contribution in [2.45, 2.75) is 32.4 Å². The minimum Gasteiger partial charge on any atom is -0.454 e. The van der Waals surface area contributed by atoms with Crippen LogP contribution in [0.3, 0.4) is 0 Å². The molecule has 2 aliphatic heterocycles. The van der Waals surface area contributed by atoms with E-state index in [1.165, 1.54) is 31.5 Å². The van der Waals surface area contributed by atoms with Crippen LogP contribution in [-0.2, 0) is 6.54 Å². The van der Waals surface area contributed by atoms with Gasteiger partial charge in [-0.1, -0.05) is 0 Å². The van der Waals surface area contributed by atoms with Crippen molar-refractivity contribution < 1.29 is 9.47 Å². The molecular weight excluding hydrogens is 320 g/mol. The van der Waals surface area contributed by atoms with E-state index in [1.807, 2.05) is 0 Å². The van der Waals surface area contributed by atoms with Crippen LogP contribution in [0.2, 0.25) is 0 Å². The molecule has 2 heterocycles. The van der Waals surface area contributed by atoms with Gasteiger partial charge >= 0.3 is 0 Å².